The molecule has 6 heterocycles. The van der Waals surface area contributed by atoms with E-state index in [1.54, 1.807) is 59.9 Å². The zero-order chi connectivity index (χ0) is 50.7. The molecule has 10 rings (SSSR count). The maximum atomic E-state index is 14.8. The molecular formula is C49H36BF5N8O7S. The number of aliphatic hydroxyl groups is 2. The predicted octanol–water partition coefficient (Wildman–Crippen LogP) is 6.30. The van der Waals surface area contributed by atoms with Gasteiger partial charge in [0.2, 0.25) is 0 Å². The summed E-state index contributed by atoms with van der Waals surface area (Å²) in [4.78, 5) is 16.0. The molecule has 0 saturated heterocycles. The Labute approximate surface area is 401 Å². The highest BCUT2D eigenvalue weighted by Crippen LogP contribution is 2.49. The van der Waals surface area contributed by atoms with E-state index in [9.17, 15) is 40.6 Å². The molecule has 4 N–H and O–H groups in total. The summed E-state index contributed by atoms with van der Waals surface area (Å²) >= 11 is 0. The number of alkyl halides is 3. The van der Waals surface area contributed by atoms with E-state index < -0.39 is 63.4 Å². The lowest BCUT2D eigenvalue weighted by atomic mass is 9.82. The van der Waals surface area contributed by atoms with Gasteiger partial charge in [0.25, 0.3) is 0 Å². The zero-order valence-electron chi connectivity index (χ0n) is 36.5. The third-order valence-electron chi connectivity index (χ3n) is 11.9. The Morgan fingerprint density at radius 2 is 1.15 bits per heavy atom. The van der Waals surface area contributed by atoms with Crippen molar-refractivity contribution in [3.05, 3.63) is 215 Å². The average molecular weight is 987 g/mol. The van der Waals surface area contributed by atoms with Crippen molar-refractivity contribution in [3.63, 3.8) is 0 Å². The number of imidazole rings is 2. The van der Waals surface area contributed by atoms with Crippen LogP contribution in [0.1, 0.15) is 69.7 Å². The number of benzene rings is 4. The smallest absolute Gasteiger partial charge is 0.423 e. The minimum absolute atomic E-state index is 0.0330. The molecule has 22 heteroatoms. The third-order valence-corrected chi connectivity index (χ3v) is 12.9. The summed E-state index contributed by atoms with van der Waals surface area (Å²) in [5.41, 5.74) is -3.92. The van der Waals surface area contributed by atoms with Gasteiger partial charge in [-0.15, -0.1) is 0 Å². The predicted molar refractivity (Wildman–Crippen MR) is 244 cm³/mol. The molecule has 0 amide bonds. The van der Waals surface area contributed by atoms with Gasteiger partial charge in [0.15, 0.2) is 0 Å². The zero-order valence-corrected chi connectivity index (χ0v) is 37.4. The second-order valence-electron chi connectivity index (χ2n) is 16.2. The van der Waals surface area contributed by atoms with Crippen LogP contribution in [0, 0.1) is 34.3 Å². The summed E-state index contributed by atoms with van der Waals surface area (Å²) in [5, 5.41) is 58.2. The second kappa shape index (κ2) is 19.7. The lowest BCUT2D eigenvalue weighted by Gasteiger charge is -2.24. The van der Waals surface area contributed by atoms with Crippen molar-refractivity contribution >= 4 is 22.7 Å². The topological polar surface area (TPSA) is 233 Å². The highest BCUT2D eigenvalue weighted by Gasteiger charge is 2.50. The number of halogens is 5. The van der Waals surface area contributed by atoms with Crippen LogP contribution in [-0.4, -0.2) is 70.4 Å². The number of hydrogen-bond acceptors (Lipinski definition) is 13. The van der Waals surface area contributed by atoms with Crippen LogP contribution >= 0.6 is 0 Å². The molecule has 0 unspecified atom stereocenters. The van der Waals surface area contributed by atoms with E-state index in [2.05, 4.69) is 24.1 Å². The largest absolute Gasteiger partial charge is 0.534 e. The number of rotatable bonds is 8. The van der Waals surface area contributed by atoms with E-state index in [4.69, 9.17) is 20.6 Å². The number of fused-ring (bicyclic) bond motifs is 2. The molecule has 15 nitrogen and oxygen atoms in total. The average Bonchev–Trinajstić information content (AvgIpc) is 4.17. The fraction of sp³-hybridized carbons (Fsp3) is 0.143. The first kappa shape index (κ1) is 49.3. The number of nitrogens with zero attached hydrogens (tertiary/aromatic N) is 8. The first-order valence-corrected chi connectivity index (χ1v) is 22.5. The van der Waals surface area contributed by atoms with Gasteiger partial charge >= 0.3 is 22.7 Å². The minimum Gasteiger partial charge on any atom is -0.423 e. The Kier molecular flexibility index (Phi) is 13.7. The van der Waals surface area contributed by atoms with Crippen molar-refractivity contribution < 1.29 is 54.8 Å². The molecule has 0 bridgehead atoms. The van der Waals surface area contributed by atoms with Crippen LogP contribution in [-0.2, 0) is 21.3 Å². The van der Waals surface area contributed by atoms with Crippen molar-refractivity contribution in [3.8, 4) is 29.0 Å². The number of aromatic nitrogens is 6. The van der Waals surface area contributed by atoms with Crippen molar-refractivity contribution in [1.29, 1.82) is 10.5 Å². The summed E-state index contributed by atoms with van der Waals surface area (Å²) in [6, 6.07) is 30.2. The third kappa shape index (κ3) is 9.88. The summed E-state index contributed by atoms with van der Waals surface area (Å²) in [7, 11) is -7.31. The van der Waals surface area contributed by atoms with Gasteiger partial charge in [-0.05, 0) is 76.9 Å². The molecule has 4 aromatic heterocycles. The van der Waals surface area contributed by atoms with E-state index in [0.717, 1.165) is 29.3 Å². The molecule has 2 aliphatic heterocycles. The molecule has 71 heavy (non-hydrogen) atoms. The van der Waals surface area contributed by atoms with Gasteiger partial charge < -0.3 is 33.6 Å². The van der Waals surface area contributed by atoms with Gasteiger partial charge in [-0.1, -0.05) is 54.6 Å². The first-order chi connectivity index (χ1) is 33.9. The molecule has 0 fully saturated rings. The Balaban J connectivity index is 0.000000162. The molecule has 0 spiro atoms. The van der Waals surface area contributed by atoms with Crippen LogP contribution in [0.4, 0.5) is 22.0 Å². The van der Waals surface area contributed by atoms with Gasteiger partial charge in [0.1, 0.15) is 28.6 Å². The number of hydrogen-bond donors (Lipinski definition) is 4. The molecular weight excluding hydrogens is 950 g/mol. The Hall–Kier alpha value is -8.12. The molecule has 358 valence electrons. The Morgan fingerprint density at radius 1 is 0.648 bits per heavy atom. The van der Waals surface area contributed by atoms with Gasteiger partial charge in [-0.3, -0.25) is 9.97 Å². The number of nitriles is 2. The normalized spacial score (nSPS) is 18.9. The molecule has 2 aliphatic rings. The monoisotopic (exact) mass is 986 g/mol. The molecule has 4 aromatic carbocycles. The fourth-order valence-corrected chi connectivity index (χ4v) is 8.95. The van der Waals surface area contributed by atoms with E-state index in [1.165, 1.54) is 53.6 Å². The van der Waals surface area contributed by atoms with Gasteiger partial charge in [-0.25, -0.2) is 18.7 Å². The molecule has 4 atom stereocenters. The Bertz CT molecular complexity index is 3430. The Morgan fingerprint density at radius 3 is 1.61 bits per heavy atom. The molecule has 0 radical (unpaired) electrons. The standard InChI is InChI=1S/C24H17FN4O.C20H13F4N3O4S.C5H6BNO2/c25-21-9-16(12-26)6-7-20(21)22-11-24(30,23-14-28-15-29(22)23)19-5-1-3-17(10-19)18-4-2-8-27-13-18;21-16-6-12(9-25)4-5-15(16)17-8-19(28,18-10-26-11-27(17)18)13-2-1-3-14(7-13)31-32(29,30)20(22,23)24;8-6(9)5-2-1-3-7-4-5/h1-10,13-15,22,30H,11H2;1-7,10-11,17,28H,8H2;1-4,8-9H/t22-,24+;17-,19+;/m11./s1. The van der Waals surface area contributed by atoms with E-state index in [0.29, 0.717) is 22.3 Å². The van der Waals surface area contributed by atoms with E-state index in [1.807, 2.05) is 48.5 Å². The second-order valence-corrected chi connectivity index (χ2v) is 17.8. The van der Waals surface area contributed by atoms with Crippen molar-refractivity contribution in [2.75, 3.05) is 0 Å². The van der Waals surface area contributed by atoms with E-state index in [-0.39, 0.29) is 40.8 Å². The molecule has 8 aromatic rings. The minimum atomic E-state index is -5.90. The van der Waals surface area contributed by atoms with Crippen LogP contribution < -0.4 is 9.65 Å². The lowest BCUT2D eigenvalue weighted by molar-refractivity contribution is -0.0500. The highest BCUT2D eigenvalue weighted by molar-refractivity contribution is 7.88. The van der Waals surface area contributed by atoms with Crippen LogP contribution in [0.5, 0.6) is 5.75 Å². The summed E-state index contributed by atoms with van der Waals surface area (Å²) < 4.78 is 97.5. The highest BCUT2D eigenvalue weighted by atomic mass is 32.2. The van der Waals surface area contributed by atoms with Gasteiger partial charge in [0.05, 0.1) is 71.8 Å². The van der Waals surface area contributed by atoms with Crippen LogP contribution in [0.15, 0.2) is 159 Å². The quantitative estimate of drug-likeness (QED) is 0.0568. The van der Waals surface area contributed by atoms with Crippen LogP contribution in [0.3, 0.4) is 0 Å². The first-order valence-electron chi connectivity index (χ1n) is 21.1. The summed E-state index contributed by atoms with van der Waals surface area (Å²) in [6.07, 6.45) is 12.5. The van der Waals surface area contributed by atoms with E-state index >= 15 is 0 Å². The molecule has 0 saturated carbocycles. The fourth-order valence-electron chi connectivity index (χ4n) is 8.49. The van der Waals surface area contributed by atoms with Gasteiger partial charge in [-0.2, -0.15) is 32.1 Å². The van der Waals surface area contributed by atoms with Crippen molar-refractivity contribution in [1.82, 2.24) is 29.1 Å². The van der Waals surface area contributed by atoms with Crippen molar-refractivity contribution in [2.45, 2.75) is 41.6 Å². The maximum absolute atomic E-state index is 14.8. The van der Waals surface area contributed by atoms with Crippen LogP contribution in [0.2, 0.25) is 0 Å². The molecule has 0 aliphatic carbocycles. The van der Waals surface area contributed by atoms with Crippen molar-refractivity contribution in [2.24, 2.45) is 0 Å². The maximum Gasteiger partial charge on any atom is 0.534 e. The SMILES string of the molecule is N#Cc1ccc([C@H]2C[C@](O)(c3cccc(-c4cccnc4)c3)c3cncn32)c(F)c1.N#Cc1ccc([C@H]2C[C@](O)(c3cccc(OS(=O)(=O)C(F)(F)F)c3)c3cncn32)c(F)c1.OB(O)c1cccnc1. The summed E-state index contributed by atoms with van der Waals surface area (Å²) in [6.45, 7) is 0. The van der Waals surface area contributed by atoms with Crippen LogP contribution in [0.25, 0.3) is 11.1 Å². The summed E-state index contributed by atoms with van der Waals surface area (Å²) in [5.74, 6) is -1.79. The van der Waals surface area contributed by atoms with Gasteiger partial charge in [0, 0.05) is 54.2 Å². The number of pyridine rings is 2. The lowest BCUT2D eigenvalue weighted by Crippen LogP contribution is -2.29.